The smallest absolute Gasteiger partial charge is 0.307 e. The number of amides is 1. The summed E-state index contributed by atoms with van der Waals surface area (Å²) in [5, 5.41) is 5.51. The standard InChI is InChI=1S/C21H14Cl2N2O4/c1-27-17-7-2-4-12-10-18(29-20(12)17)21(26)25-24-11-13-8-9-16(28-13)14-5-3-6-15(22)19(14)23/h2-11H,1H3,(H,25,26)/b24-11-. The van der Waals surface area contributed by atoms with Crippen LogP contribution in [0.1, 0.15) is 16.3 Å². The lowest BCUT2D eigenvalue weighted by Crippen LogP contribution is -2.16. The Balaban J connectivity index is 1.47. The number of hydrogen-bond donors (Lipinski definition) is 1. The number of nitrogens with zero attached hydrogens (tertiary/aromatic N) is 1. The van der Waals surface area contributed by atoms with Gasteiger partial charge < -0.3 is 13.6 Å². The van der Waals surface area contributed by atoms with E-state index >= 15 is 0 Å². The number of hydrogen-bond acceptors (Lipinski definition) is 5. The van der Waals surface area contributed by atoms with Crippen LogP contribution >= 0.6 is 23.2 Å². The van der Waals surface area contributed by atoms with E-state index in [2.05, 4.69) is 10.5 Å². The molecule has 0 unspecified atom stereocenters. The molecule has 1 amide bonds. The number of benzene rings is 2. The predicted molar refractivity (Wildman–Crippen MR) is 112 cm³/mol. The molecule has 0 saturated heterocycles. The van der Waals surface area contributed by atoms with E-state index in [1.165, 1.54) is 13.3 Å². The van der Waals surface area contributed by atoms with Gasteiger partial charge in [-0.1, -0.05) is 41.4 Å². The van der Waals surface area contributed by atoms with Crippen molar-refractivity contribution in [3.05, 3.63) is 76.2 Å². The number of furan rings is 2. The second kappa shape index (κ2) is 8.03. The fourth-order valence-corrected chi connectivity index (χ4v) is 3.17. The third kappa shape index (κ3) is 3.85. The Hall–Kier alpha value is -3.22. The van der Waals surface area contributed by atoms with E-state index in [-0.39, 0.29) is 5.76 Å². The molecule has 2 aromatic carbocycles. The molecule has 0 bridgehead atoms. The number of halogens is 2. The van der Waals surface area contributed by atoms with Crippen molar-refractivity contribution < 1.29 is 18.4 Å². The zero-order valence-electron chi connectivity index (χ0n) is 15.1. The Bertz CT molecular complexity index is 1230. The Morgan fingerprint density at radius 3 is 2.76 bits per heavy atom. The first kappa shape index (κ1) is 19.1. The van der Waals surface area contributed by atoms with E-state index in [1.807, 2.05) is 12.1 Å². The minimum atomic E-state index is -0.496. The summed E-state index contributed by atoms with van der Waals surface area (Å²) in [7, 11) is 1.54. The molecule has 2 heterocycles. The van der Waals surface area contributed by atoms with Gasteiger partial charge in [0.25, 0.3) is 0 Å². The van der Waals surface area contributed by atoms with Crippen molar-refractivity contribution in [1.82, 2.24) is 5.43 Å². The van der Waals surface area contributed by atoms with Crippen molar-refractivity contribution in [2.45, 2.75) is 0 Å². The fraction of sp³-hybridized carbons (Fsp3) is 0.0476. The summed E-state index contributed by atoms with van der Waals surface area (Å²) >= 11 is 12.2. The molecule has 0 radical (unpaired) electrons. The number of carbonyl (C=O) groups is 1. The molecule has 6 nitrogen and oxygen atoms in total. The van der Waals surface area contributed by atoms with Crippen molar-refractivity contribution in [1.29, 1.82) is 0 Å². The topological polar surface area (TPSA) is 77.0 Å². The van der Waals surface area contributed by atoms with Crippen molar-refractivity contribution in [2.75, 3.05) is 7.11 Å². The number of hydrazone groups is 1. The first-order valence-corrected chi connectivity index (χ1v) is 9.26. The van der Waals surface area contributed by atoms with Crippen LogP contribution in [0.25, 0.3) is 22.3 Å². The number of carbonyl (C=O) groups excluding carboxylic acids is 1. The SMILES string of the molecule is COc1cccc2cc(C(=O)N/N=C\c3ccc(-c4cccc(Cl)c4Cl)o3)oc12. The number of rotatable bonds is 5. The lowest BCUT2D eigenvalue weighted by Gasteiger charge is -2.01. The molecule has 0 spiro atoms. The lowest BCUT2D eigenvalue weighted by atomic mass is 10.2. The van der Waals surface area contributed by atoms with Crippen molar-refractivity contribution in [3.8, 4) is 17.1 Å². The predicted octanol–water partition coefficient (Wildman–Crippen LogP) is 5.77. The maximum atomic E-state index is 12.3. The average molecular weight is 429 g/mol. The highest BCUT2D eigenvalue weighted by Crippen LogP contribution is 2.34. The van der Waals surface area contributed by atoms with Gasteiger partial charge in [-0.3, -0.25) is 4.79 Å². The number of nitrogens with one attached hydrogen (secondary N) is 1. The average Bonchev–Trinajstić information content (AvgIpc) is 3.37. The van der Waals surface area contributed by atoms with Gasteiger partial charge in [-0.15, -0.1) is 0 Å². The van der Waals surface area contributed by atoms with Crippen LogP contribution in [0.4, 0.5) is 0 Å². The third-order valence-electron chi connectivity index (χ3n) is 4.15. The van der Waals surface area contributed by atoms with E-state index in [4.69, 9.17) is 36.8 Å². The second-order valence-electron chi connectivity index (χ2n) is 5.99. The second-order valence-corrected chi connectivity index (χ2v) is 6.78. The third-order valence-corrected chi connectivity index (χ3v) is 4.97. The molecule has 1 N–H and O–H groups in total. The van der Waals surface area contributed by atoms with Crippen LogP contribution in [0, 0.1) is 0 Å². The Morgan fingerprint density at radius 1 is 1.10 bits per heavy atom. The van der Waals surface area contributed by atoms with Crippen LogP contribution in [-0.4, -0.2) is 19.2 Å². The van der Waals surface area contributed by atoms with Gasteiger partial charge in [0.1, 0.15) is 11.5 Å². The Kier molecular flexibility index (Phi) is 5.29. The minimum absolute atomic E-state index is 0.118. The molecule has 4 aromatic rings. The molecule has 4 rings (SSSR count). The highest BCUT2D eigenvalue weighted by atomic mass is 35.5. The van der Waals surface area contributed by atoms with E-state index in [1.54, 1.807) is 42.5 Å². The van der Waals surface area contributed by atoms with E-state index in [0.29, 0.717) is 38.5 Å². The molecule has 0 aliphatic carbocycles. The molecule has 0 atom stereocenters. The number of ether oxygens (including phenoxy) is 1. The summed E-state index contributed by atoms with van der Waals surface area (Å²) in [5.41, 5.74) is 3.57. The van der Waals surface area contributed by atoms with Crippen molar-refractivity contribution >= 4 is 46.3 Å². The fourth-order valence-electron chi connectivity index (χ4n) is 2.78. The zero-order chi connectivity index (χ0) is 20.4. The quantitative estimate of drug-likeness (QED) is 0.323. The summed E-state index contributed by atoms with van der Waals surface area (Å²) in [6, 6.07) is 15.7. The number of methoxy groups -OCH3 is 1. The highest BCUT2D eigenvalue weighted by Gasteiger charge is 2.14. The summed E-state index contributed by atoms with van der Waals surface area (Å²) in [6.07, 6.45) is 1.38. The molecule has 8 heteroatoms. The van der Waals surface area contributed by atoms with E-state index in [9.17, 15) is 4.79 Å². The van der Waals surface area contributed by atoms with Gasteiger partial charge >= 0.3 is 5.91 Å². The van der Waals surface area contributed by atoms with Gasteiger partial charge in [-0.2, -0.15) is 5.10 Å². The van der Waals surface area contributed by atoms with Crippen molar-refractivity contribution in [3.63, 3.8) is 0 Å². The van der Waals surface area contributed by atoms with Crippen LogP contribution < -0.4 is 10.2 Å². The zero-order valence-corrected chi connectivity index (χ0v) is 16.6. The van der Waals surface area contributed by atoms with Crippen LogP contribution in [0.5, 0.6) is 5.75 Å². The van der Waals surface area contributed by atoms with Crippen LogP contribution in [0.2, 0.25) is 10.0 Å². The van der Waals surface area contributed by atoms with E-state index < -0.39 is 5.91 Å². The number of fused-ring (bicyclic) bond motifs is 1. The molecule has 146 valence electrons. The first-order valence-electron chi connectivity index (χ1n) is 8.51. The van der Waals surface area contributed by atoms with E-state index in [0.717, 1.165) is 5.39 Å². The molecule has 29 heavy (non-hydrogen) atoms. The normalized spacial score (nSPS) is 11.3. The van der Waals surface area contributed by atoms with Gasteiger partial charge in [0.2, 0.25) is 0 Å². The summed E-state index contributed by atoms with van der Waals surface area (Å²) in [6.45, 7) is 0. The van der Waals surface area contributed by atoms with Crippen LogP contribution in [0.3, 0.4) is 0 Å². The molecule has 0 aliphatic rings. The largest absolute Gasteiger partial charge is 0.493 e. The first-order chi connectivity index (χ1) is 14.1. The molecule has 0 fully saturated rings. The van der Waals surface area contributed by atoms with Crippen LogP contribution in [-0.2, 0) is 0 Å². The summed E-state index contributed by atoms with van der Waals surface area (Å²) in [4.78, 5) is 12.3. The van der Waals surface area contributed by atoms with Gasteiger partial charge in [0.05, 0.1) is 23.4 Å². The Morgan fingerprint density at radius 2 is 1.93 bits per heavy atom. The lowest BCUT2D eigenvalue weighted by molar-refractivity contribution is 0.0929. The maximum Gasteiger partial charge on any atom is 0.307 e. The molecule has 0 saturated carbocycles. The molecule has 2 aromatic heterocycles. The van der Waals surface area contributed by atoms with Gasteiger partial charge in [-0.25, -0.2) is 5.43 Å². The minimum Gasteiger partial charge on any atom is -0.493 e. The van der Waals surface area contributed by atoms with Gasteiger partial charge in [0.15, 0.2) is 17.1 Å². The molecule has 0 aliphatic heterocycles. The Labute approximate surface area is 175 Å². The molecular formula is C21H14Cl2N2O4. The molecular weight excluding hydrogens is 415 g/mol. The maximum absolute atomic E-state index is 12.3. The summed E-state index contributed by atoms with van der Waals surface area (Å²) in [5.74, 6) is 1.14. The number of para-hydroxylation sites is 1. The highest BCUT2D eigenvalue weighted by molar-refractivity contribution is 6.43. The van der Waals surface area contributed by atoms with Crippen molar-refractivity contribution in [2.24, 2.45) is 5.10 Å². The summed E-state index contributed by atoms with van der Waals surface area (Å²) < 4.78 is 16.5. The monoisotopic (exact) mass is 428 g/mol. The van der Waals surface area contributed by atoms with Gasteiger partial charge in [0, 0.05) is 10.9 Å². The van der Waals surface area contributed by atoms with Crippen LogP contribution in [0.15, 0.2) is 68.5 Å². The van der Waals surface area contributed by atoms with Gasteiger partial charge in [-0.05, 0) is 36.4 Å².